The molecule has 0 fully saturated rings. The van der Waals surface area contributed by atoms with Crippen LogP contribution in [0.5, 0.6) is 0 Å². The van der Waals surface area contributed by atoms with E-state index >= 15 is 0 Å². The number of nitrogens with two attached hydrogens (primary N) is 3. The van der Waals surface area contributed by atoms with E-state index in [-0.39, 0.29) is 5.95 Å². The normalized spacial score (nSPS) is 10.8. The second-order valence-electron chi connectivity index (χ2n) is 2.98. The molecule has 0 atom stereocenters. The third kappa shape index (κ3) is 1.55. The van der Waals surface area contributed by atoms with E-state index in [0.717, 1.165) is 11.3 Å². The lowest BCUT2D eigenvalue weighted by atomic mass is 10.3. The van der Waals surface area contributed by atoms with Crippen molar-refractivity contribution < 1.29 is 4.79 Å². The lowest BCUT2D eigenvalue weighted by molar-refractivity contribution is 0.100. The molecule has 0 aliphatic heterocycles. The number of fused-ring (bicyclic) bond motifs is 1. The van der Waals surface area contributed by atoms with E-state index in [1.165, 1.54) is 11.8 Å². The first-order chi connectivity index (χ1) is 7.54. The maximum Gasteiger partial charge on any atom is 0.260 e. The van der Waals surface area contributed by atoms with Gasteiger partial charge in [-0.05, 0) is 6.26 Å². The van der Waals surface area contributed by atoms with E-state index in [1.807, 2.05) is 6.26 Å². The summed E-state index contributed by atoms with van der Waals surface area (Å²) < 4.78 is 0. The number of nitrogens with zero attached hydrogens (tertiary/aromatic N) is 2. The molecule has 0 aromatic carbocycles. The number of hydrogen-bond acceptors (Lipinski definition) is 7. The molecule has 0 saturated heterocycles. The molecule has 0 spiro atoms. The van der Waals surface area contributed by atoms with Crippen molar-refractivity contribution in [2.45, 2.75) is 5.03 Å². The Morgan fingerprint density at radius 1 is 1.38 bits per heavy atom. The first-order valence-corrected chi connectivity index (χ1v) is 6.28. The minimum absolute atomic E-state index is 0.161. The number of hydrogen-bond donors (Lipinski definition) is 3. The van der Waals surface area contributed by atoms with Gasteiger partial charge in [0.05, 0.1) is 11.1 Å². The molecule has 84 valence electrons. The smallest absolute Gasteiger partial charge is 0.260 e. The Morgan fingerprint density at radius 2 is 2.06 bits per heavy atom. The third-order valence-electron chi connectivity index (χ3n) is 1.99. The van der Waals surface area contributed by atoms with Gasteiger partial charge < -0.3 is 17.2 Å². The van der Waals surface area contributed by atoms with E-state index in [1.54, 1.807) is 0 Å². The molecule has 2 heterocycles. The fraction of sp³-hybridized carbons (Fsp3) is 0.125. The van der Waals surface area contributed by atoms with Crippen LogP contribution in [0.1, 0.15) is 9.67 Å². The number of anilines is 2. The summed E-state index contributed by atoms with van der Waals surface area (Å²) in [6, 6.07) is 0. The van der Waals surface area contributed by atoms with Crippen LogP contribution in [-0.4, -0.2) is 22.1 Å². The SMILES string of the molecule is CSc1nc(N)nc2sc(C(N)=O)c(N)c12. The Labute approximate surface area is 99.2 Å². The monoisotopic (exact) mass is 255 g/mol. The summed E-state index contributed by atoms with van der Waals surface area (Å²) >= 11 is 2.53. The van der Waals surface area contributed by atoms with Gasteiger partial charge in [0.2, 0.25) is 5.95 Å². The van der Waals surface area contributed by atoms with Crippen molar-refractivity contribution in [2.24, 2.45) is 5.73 Å². The second-order valence-corrected chi connectivity index (χ2v) is 4.77. The summed E-state index contributed by atoms with van der Waals surface area (Å²) in [6.45, 7) is 0. The second kappa shape index (κ2) is 3.80. The fourth-order valence-electron chi connectivity index (χ4n) is 1.34. The first kappa shape index (κ1) is 11.0. The van der Waals surface area contributed by atoms with Gasteiger partial charge in [0.15, 0.2) is 0 Å². The van der Waals surface area contributed by atoms with Crippen LogP contribution in [0.15, 0.2) is 5.03 Å². The lowest BCUT2D eigenvalue weighted by Crippen LogP contribution is -2.10. The van der Waals surface area contributed by atoms with Crippen molar-refractivity contribution >= 4 is 50.9 Å². The zero-order valence-electron chi connectivity index (χ0n) is 8.35. The van der Waals surface area contributed by atoms with Gasteiger partial charge >= 0.3 is 0 Å². The predicted molar refractivity (Wildman–Crippen MR) is 66.5 cm³/mol. The van der Waals surface area contributed by atoms with Gasteiger partial charge in [-0.15, -0.1) is 23.1 Å². The van der Waals surface area contributed by atoms with Gasteiger partial charge in [0.1, 0.15) is 14.7 Å². The fourth-order valence-corrected chi connectivity index (χ4v) is 2.95. The van der Waals surface area contributed by atoms with Crippen molar-refractivity contribution in [1.82, 2.24) is 9.97 Å². The number of thiophene rings is 1. The molecule has 0 bridgehead atoms. The molecule has 0 saturated carbocycles. The minimum atomic E-state index is -0.564. The zero-order valence-corrected chi connectivity index (χ0v) is 9.98. The van der Waals surface area contributed by atoms with Crippen molar-refractivity contribution in [3.63, 3.8) is 0 Å². The van der Waals surface area contributed by atoms with Gasteiger partial charge in [-0.2, -0.15) is 0 Å². The van der Waals surface area contributed by atoms with Crippen LogP contribution in [0.3, 0.4) is 0 Å². The molecule has 6 nitrogen and oxygen atoms in total. The average Bonchev–Trinajstić information content (AvgIpc) is 2.55. The summed E-state index contributed by atoms with van der Waals surface area (Å²) in [7, 11) is 0. The van der Waals surface area contributed by atoms with E-state index < -0.39 is 5.91 Å². The molecule has 0 aliphatic carbocycles. The van der Waals surface area contributed by atoms with Crippen molar-refractivity contribution in [3.8, 4) is 0 Å². The number of primary amides is 1. The quantitative estimate of drug-likeness (QED) is 0.536. The highest BCUT2D eigenvalue weighted by molar-refractivity contribution is 7.98. The van der Waals surface area contributed by atoms with Crippen LogP contribution >= 0.6 is 23.1 Å². The van der Waals surface area contributed by atoms with Crippen LogP contribution < -0.4 is 17.2 Å². The Balaban J connectivity index is 2.85. The van der Waals surface area contributed by atoms with Crippen LogP contribution in [0.4, 0.5) is 11.6 Å². The van der Waals surface area contributed by atoms with E-state index in [9.17, 15) is 4.79 Å². The van der Waals surface area contributed by atoms with Crippen LogP contribution in [-0.2, 0) is 0 Å². The molecule has 2 rings (SSSR count). The molecule has 0 radical (unpaired) electrons. The number of thioether (sulfide) groups is 1. The van der Waals surface area contributed by atoms with Gasteiger partial charge in [-0.1, -0.05) is 0 Å². The highest BCUT2D eigenvalue weighted by atomic mass is 32.2. The summed E-state index contributed by atoms with van der Waals surface area (Å²) in [4.78, 5) is 20.1. The zero-order chi connectivity index (χ0) is 11.9. The molecule has 16 heavy (non-hydrogen) atoms. The molecule has 0 aliphatic rings. The minimum Gasteiger partial charge on any atom is -0.397 e. The maximum atomic E-state index is 11.1. The number of rotatable bonds is 2. The number of carbonyl (C=O) groups excluding carboxylic acids is 1. The number of aromatic nitrogens is 2. The van der Waals surface area contributed by atoms with Crippen LogP contribution in [0, 0.1) is 0 Å². The number of nitrogen functional groups attached to an aromatic ring is 2. The van der Waals surface area contributed by atoms with Gasteiger partial charge in [-0.3, -0.25) is 4.79 Å². The van der Waals surface area contributed by atoms with E-state index in [0.29, 0.717) is 25.8 Å². The van der Waals surface area contributed by atoms with Crippen molar-refractivity contribution in [2.75, 3.05) is 17.7 Å². The molecule has 8 heteroatoms. The lowest BCUT2D eigenvalue weighted by Gasteiger charge is -2.00. The predicted octanol–water partition coefficient (Wildman–Crippen LogP) is 0.677. The summed E-state index contributed by atoms with van der Waals surface area (Å²) in [6.07, 6.45) is 1.85. The molecular weight excluding hydrogens is 246 g/mol. The van der Waals surface area contributed by atoms with Crippen LogP contribution in [0.2, 0.25) is 0 Å². The highest BCUT2D eigenvalue weighted by Crippen LogP contribution is 2.37. The molecule has 2 aromatic rings. The van der Waals surface area contributed by atoms with Crippen molar-refractivity contribution in [1.29, 1.82) is 0 Å². The standard InChI is InChI=1S/C8H9N5OS2/c1-15-6-2-3(9)4(5(10)14)16-7(2)13-8(11)12-6/h9H2,1H3,(H2,10,14)(H2,11,12,13). The number of amides is 1. The molecule has 6 N–H and O–H groups in total. The summed E-state index contributed by atoms with van der Waals surface area (Å²) in [5.74, 6) is -0.403. The largest absolute Gasteiger partial charge is 0.397 e. The maximum absolute atomic E-state index is 11.1. The Morgan fingerprint density at radius 3 is 2.62 bits per heavy atom. The van der Waals surface area contributed by atoms with Crippen LogP contribution in [0.25, 0.3) is 10.2 Å². The molecule has 2 aromatic heterocycles. The topological polar surface area (TPSA) is 121 Å². The van der Waals surface area contributed by atoms with E-state index in [2.05, 4.69) is 9.97 Å². The molecule has 1 amide bonds. The van der Waals surface area contributed by atoms with Gasteiger partial charge in [-0.25, -0.2) is 9.97 Å². The first-order valence-electron chi connectivity index (χ1n) is 4.24. The average molecular weight is 255 g/mol. The Kier molecular flexibility index (Phi) is 2.60. The highest BCUT2D eigenvalue weighted by Gasteiger charge is 2.18. The molecular formula is C8H9N5OS2. The Hall–Kier alpha value is -1.54. The van der Waals surface area contributed by atoms with Gasteiger partial charge in [0, 0.05) is 0 Å². The summed E-state index contributed by atoms with van der Waals surface area (Å²) in [5, 5.41) is 1.31. The van der Waals surface area contributed by atoms with Crippen molar-refractivity contribution in [3.05, 3.63) is 4.88 Å². The summed E-state index contributed by atoms with van der Waals surface area (Å²) in [5.41, 5.74) is 16.9. The Bertz CT molecular complexity index is 579. The van der Waals surface area contributed by atoms with E-state index in [4.69, 9.17) is 17.2 Å². The molecule has 0 unspecified atom stereocenters. The van der Waals surface area contributed by atoms with Gasteiger partial charge in [0.25, 0.3) is 5.91 Å². The number of carbonyl (C=O) groups is 1. The third-order valence-corrected chi connectivity index (χ3v) is 3.79.